The van der Waals surface area contributed by atoms with Crippen LogP contribution in [0.4, 0.5) is 0 Å². The van der Waals surface area contributed by atoms with E-state index in [1.54, 1.807) is 13.8 Å². The topological polar surface area (TPSA) is 119 Å². The Hall–Kier alpha value is -1.38. The lowest BCUT2D eigenvalue weighted by Gasteiger charge is -2.26. The average molecular weight is 304 g/mol. The van der Waals surface area contributed by atoms with Gasteiger partial charge in [-0.25, -0.2) is 17.9 Å². The standard InChI is InChI=1S/C12H20N2O5S/c1-5-12(4,6-15)14-20(18,19)10-7(2)9(11(16)17)13-8(10)3/h13-15H,5-6H2,1-4H3,(H,16,17). The number of rotatable bonds is 6. The number of aromatic carboxylic acids is 1. The number of aliphatic hydroxyl groups is 1. The van der Waals surface area contributed by atoms with Crippen molar-refractivity contribution in [3.8, 4) is 0 Å². The summed E-state index contributed by atoms with van der Waals surface area (Å²) in [6.07, 6.45) is 0.400. The number of aryl methyl sites for hydroxylation is 1. The number of hydrogen-bond acceptors (Lipinski definition) is 4. The van der Waals surface area contributed by atoms with Gasteiger partial charge in [-0.15, -0.1) is 0 Å². The average Bonchev–Trinajstić information content (AvgIpc) is 2.64. The maximum Gasteiger partial charge on any atom is 0.352 e. The van der Waals surface area contributed by atoms with Crippen molar-refractivity contribution in [2.45, 2.75) is 44.6 Å². The number of carboxylic acids is 1. The molecule has 0 saturated heterocycles. The predicted molar refractivity (Wildman–Crippen MR) is 73.3 cm³/mol. The highest BCUT2D eigenvalue weighted by molar-refractivity contribution is 7.89. The maximum absolute atomic E-state index is 12.4. The molecule has 8 heteroatoms. The van der Waals surface area contributed by atoms with Crippen LogP contribution in [0.1, 0.15) is 42.0 Å². The molecule has 1 atom stereocenters. The Kier molecular flexibility index (Phi) is 4.62. The first kappa shape index (κ1) is 16.7. The van der Waals surface area contributed by atoms with Crippen molar-refractivity contribution >= 4 is 16.0 Å². The number of carboxylic acid groups (broad SMARTS) is 1. The quantitative estimate of drug-likeness (QED) is 0.619. The Morgan fingerprint density at radius 3 is 2.30 bits per heavy atom. The van der Waals surface area contributed by atoms with Crippen molar-refractivity contribution in [1.82, 2.24) is 9.71 Å². The van der Waals surface area contributed by atoms with Gasteiger partial charge in [-0.2, -0.15) is 0 Å². The van der Waals surface area contributed by atoms with E-state index in [4.69, 9.17) is 5.11 Å². The highest BCUT2D eigenvalue weighted by Gasteiger charge is 2.32. The molecule has 1 aromatic heterocycles. The van der Waals surface area contributed by atoms with Crippen LogP contribution in [0, 0.1) is 13.8 Å². The van der Waals surface area contributed by atoms with Gasteiger partial charge in [0.2, 0.25) is 10.0 Å². The Morgan fingerprint density at radius 2 is 1.95 bits per heavy atom. The third-order valence-electron chi connectivity index (χ3n) is 3.36. The molecule has 4 N–H and O–H groups in total. The zero-order valence-corrected chi connectivity index (χ0v) is 12.8. The highest BCUT2D eigenvalue weighted by atomic mass is 32.2. The normalized spacial score (nSPS) is 15.1. The lowest BCUT2D eigenvalue weighted by atomic mass is 10.0. The summed E-state index contributed by atoms with van der Waals surface area (Å²) in [4.78, 5) is 13.5. The SMILES string of the molecule is CCC(C)(CO)NS(=O)(=O)c1c(C)[nH]c(C(=O)O)c1C. The fourth-order valence-electron chi connectivity index (χ4n) is 1.94. The summed E-state index contributed by atoms with van der Waals surface area (Å²) in [5, 5.41) is 18.3. The molecule has 0 aliphatic carbocycles. The van der Waals surface area contributed by atoms with E-state index in [0.29, 0.717) is 6.42 Å². The fourth-order valence-corrected chi connectivity index (χ4v) is 3.86. The zero-order valence-electron chi connectivity index (χ0n) is 11.9. The number of aromatic nitrogens is 1. The van der Waals surface area contributed by atoms with Gasteiger partial charge in [-0.05, 0) is 27.2 Å². The number of carbonyl (C=O) groups is 1. The monoisotopic (exact) mass is 304 g/mol. The van der Waals surface area contributed by atoms with E-state index in [1.807, 2.05) is 0 Å². The molecule has 0 radical (unpaired) electrons. The van der Waals surface area contributed by atoms with Crippen LogP contribution in [0.25, 0.3) is 0 Å². The first-order valence-corrected chi connectivity index (χ1v) is 7.63. The van der Waals surface area contributed by atoms with Crippen molar-refractivity contribution in [2.75, 3.05) is 6.61 Å². The summed E-state index contributed by atoms with van der Waals surface area (Å²) < 4.78 is 27.2. The summed E-state index contributed by atoms with van der Waals surface area (Å²) in [7, 11) is -3.92. The van der Waals surface area contributed by atoms with Gasteiger partial charge in [0.15, 0.2) is 0 Å². The molecular formula is C12H20N2O5S. The molecule has 1 heterocycles. The van der Waals surface area contributed by atoms with Crippen molar-refractivity contribution in [3.05, 3.63) is 17.0 Å². The summed E-state index contributed by atoms with van der Waals surface area (Å²) in [5.41, 5.74) is -0.731. The third-order valence-corrected chi connectivity index (χ3v) is 5.27. The van der Waals surface area contributed by atoms with Crippen LogP contribution >= 0.6 is 0 Å². The van der Waals surface area contributed by atoms with E-state index in [9.17, 15) is 18.3 Å². The third kappa shape index (κ3) is 3.02. The van der Waals surface area contributed by atoms with Gasteiger partial charge in [0.25, 0.3) is 0 Å². The molecule has 0 saturated carbocycles. The number of nitrogens with one attached hydrogen (secondary N) is 2. The second-order valence-electron chi connectivity index (χ2n) is 5.06. The Bertz CT molecular complexity index is 614. The number of H-pyrrole nitrogens is 1. The first-order valence-electron chi connectivity index (χ1n) is 6.15. The molecule has 0 aliphatic rings. The molecule has 1 rings (SSSR count). The lowest BCUT2D eigenvalue weighted by Crippen LogP contribution is -2.48. The first-order chi connectivity index (χ1) is 9.08. The van der Waals surface area contributed by atoms with Crippen LogP contribution in [-0.2, 0) is 10.0 Å². The predicted octanol–water partition coefficient (Wildman–Crippen LogP) is 0.769. The summed E-state index contributed by atoms with van der Waals surface area (Å²) >= 11 is 0. The molecule has 0 bridgehead atoms. The van der Waals surface area contributed by atoms with Crippen LogP contribution < -0.4 is 4.72 Å². The molecular weight excluding hydrogens is 284 g/mol. The smallest absolute Gasteiger partial charge is 0.352 e. The molecule has 0 fully saturated rings. The summed E-state index contributed by atoms with van der Waals surface area (Å²) in [6, 6.07) is 0. The van der Waals surface area contributed by atoms with Crippen LogP contribution in [0.2, 0.25) is 0 Å². The molecule has 7 nitrogen and oxygen atoms in total. The molecule has 0 spiro atoms. The number of aromatic amines is 1. The minimum absolute atomic E-state index is 0.0805. The molecule has 20 heavy (non-hydrogen) atoms. The van der Waals surface area contributed by atoms with E-state index < -0.39 is 21.5 Å². The van der Waals surface area contributed by atoms with Crippen LogP contribution in [-0.4, -0.2) is 41.7 Å². The minimum Gasteiger partial charge on any atom is -0.477 e. The maximum atomic E-state index is 12.4. The van der Waals surface area contributed by atoms with Crippen LogP contribution in [0.5, 0.6) is 0 Å². The van der Waals surface area contributed by atoms with Gasteiger partial charge in [0.05, 0.1) is 12.1 Å². The molecule has 0 aromatic carbocycles. The van der Waals surface area contributed by atoms with Gasteiger partial charge in [0, 0.05) is 11.3 Å². The Morgan fingerprint density at radius 1 is 1.40 bits per heavy atom. The van der Waals surface area contributed by atoms with Gasteiger partial charge < -0.3 is 15.2 Å². The Balaban J connectivity index is 3.34. The van der Waals surface area contributed by atoms with E-state index in [-0.39, 0.29) is 28.5 Å². The van der Waals surface area contributed by atoms with E-state index in [2.05, 4.69) is 9.71 Å². The second-order valence-corrected chi connectivity index (χ2v) is 6.68. The van der Waals surface area contributed by atoms with Crippen molar-refractivity contribution < 1.29 is 23.4 Å². The van der Waals surface area contributed by atoms with Gasteiger partial charge >= 0.3 is 5.97 Å². The minimum atomic E-state index is -3.92. The zero-order chi connectivity index (χ0) is 15.7. The van der Waals surface area contributed by atoms with Crippen LogP contribution in [0.3, 0.4) is 0 Å². The molecule has 0 amide bonds. The molecule has 0 aliphatic heterocycles. The van der Waals surface area contributed by atoms with E-state index >= 15 is 0 Å². The largest absolute Gasteiger partial charge is 0.477 e. The number of sulfonamides is 1. The number of hydrogen-bond donors (Lipinski definition) is 4. The van der Waals surface area contributed by atoms with Gasteiger partial charge in [0.1, 0.15) is 10.6 Å². The second kappa shape index (κ2) is 5.55. The summed E-state index contributed by atoms with van der Waals surface area (Å²) in [6.45, 7) is 5.91. The van der Waals surface area contributed by atoms with Gasteiger partial charge in [-0.1, -0.05) is 6.92 Å². The Labute approximate surface area is 118 Å². The van der Waals surface area contributed by atoms with Crippen molar-refractivity contribution in [1.29, 1.82) is 0 Å². The van der Waals surface area contributed by atoms with E-state index in [1.165, 1.54) is 13.8 Å². The van der Waals surface area contributed by atoms with Crippen molar-refractivity contribution in [3.63, 3.8) is 0 Å². The van der Waals surface area contributed by atoms with Gasteiger partial charge in [-0.3, -0.25) is 0 Å². The fraction of sp³-hybridized carbons (Fsp3) is 0.583. The van der Waals surface area contributed by atoms with Crippen LogP contribution in [0.15, 0.2) is 4.90 Å². The number of aliphatic hydroxyl groups excluding tert-OH is 1. The molecule has 114 valence electrons. The highest BCUT2D eigenvalue weighted by Crippen LogP contribution is 2.25. The molecule has 1 unspecified atom stereocenters. The summed E-state index contributed by atoms with van der Waals surface area (Å²) in [5.74, 6) is -1.22. The van der Waals surface area contributed by atoms with E-state index in [0.717, 1.165) is 0 Å². The molecule has 1 aromatic rings. The lowest BCUT2D eigenvalue weighted by molar-refractivity contribution is 0.0690. The van der Waals surface area contributed by atoms with Crippen molar-refractivity contribution in [2.24, 2.45) is 0 Å².